The Morgan fingerprint density at radius 3 is 2.68 bits per heavy atom. The summed E-state index contributed by atoms with van der Waals surface area (Å²) in [6.45, 7) is 2.72. The van der Waals surface area contributed by atoms with Crippen LogP contribution in [-0.4, -0.2) is 40.4 Å². The third-order valence-corrected chi connectivity index (χ3v) is 3.72. The number of alkyl halides is 3. The van der Waals surface area contributed by atoms with Crippen molar-refractivity contribution >= 4 is 5.91 Å². The molecule has 0 saturated carbocycles. The van der Waals surface area contributed by atoms with Crippen LogP contribution in [-0.2, 0) is 19.6 Å². The zero-order valence-electron chi connectivity index (χ0n) is 14.2. The average Bonchev–Trinajstić information content (AvgIpc) is 2.99. The van der Waals surface area contributed by atoms with E-state index in [1.807, 2.05) is 31.3 Å². The fourth-order valence-corrected chi connectivity index (χ4v) is 2.36. The van der Waals surface area contributed by atoms with E-state index < -0.39 is 18.6 Å². The highest BCUT2D eigenvalue weighted by atomic mass is 19.4. The van der Waals surface area contributed by atoms with Crippen LogP contribution in [0, 0.1) is 0 Å². The minimum atomic E-state index is -4.43. The molecule has 0 saturated heterocycles. The molecule has 0 aliphatic carbocycles. The molecule has 1 heterocycles. The monoisotopic (exact) mass is 354 g/mol. The standard InChI is InChI=1S/C17H21F3N4O/c1-3-23(2)11-14-6-4-5-13(9-14)10-21-16(25)15-7-8-22-24(15)12-17(18,19)20/h4-9H,3,10-12H2,1-2H3,(H,21,25). The maximum absolute atomic E-state index is 12.5. The molecular formula is C17H21F3N4O. The molecule has 0 aliphatic rings. The molecule has 2 rings (SSSR count). The predicted molar refractivity (Wildman–Crippen MR) is 87.9 cm³/mol. The molecule has 136 valence electrons. The zero-order chi connectivity index (χ0) is 18.4. The number of carbonyl (C=O) groups is 1. The SMILES string of the molecule is CCN(C)Cc1cccc(CNC(=O)c2ccnn2CC(F)(F)F)c1. The smallest absolute Gasteiger partial charge is 0.347 e. The topological polar surface area (TPSA) is 50.2 Å². The third-order valence-electron chi connectivity index (χ3n) is 3.72. The number of carbonyl (C=O) groups excluding carboxylic acids is 1. The van der Waals surface area contributed by atoms with Crippen molar-refractivity contribution in [3.8, 4) is 0 Å². The van der Waals surface area contributed by atoms with Gasteiger partial charge in [0.1, 0.15) is 12.2 Å². The molecule has 0 atom stereocenters. The van der Waals surface area contributed by atoms with Gasteiger partial charge < -0.3 is 10.2 Å². The molecule has 1 amide bonds. The molecular weight excluding hydrogens is 333 g/mol. The molecule has 1 N–H and O–H groups in total. The van der Waals surface area contributed by atoms with Gasteiger partial charge in [-0.3, -0.25) is 9.48 Å². The minimum absolute atomic E-state index is 0.112. The lowest BCUT2D eigenvalue weighted by molar-refractivity contribution is -0.142. The Morgan fingerprint density at radius 1 is 1.28 bits per heavy atom. The first-order chi connectivity index (χ1) is 11.8. The lowest BCUT2D eigenvalue weighted by atomic mass is 10.1. The first-order valence-corrected chi connectivity index (χ1v) is 7.91. The molecule has 0 aliphatic heterocycles. The normalized spacial score (nSPS) is 11.8. The number of hydrogen-bond acceptors (Lipinski definition) is 3. The van der Waals surface area contributed by atoms with Crippen LogP contribution in [0.2, 0.25) is 0 Å². The van der Waals surface area contributed by atoms with E-state index >= 15 is 0 Å². The van der Waals surface area contributed by atoms with Crippen molar-refractivity contribution in [2.24, 2.45) is 0 Å². The van der Waals surface area contributed by atoms with Gasteiger partial charge in [0.05, 0.1) is 0 Å². The Morgan fingerprint density at radius 2 is 2.00 bits per heavy atom. The van der Waals surface area contributed by atoms with Crippen LogP contribution in [0.4, 0.5) is 13.2 Å². The van der Waals surface area contributed by atoms with Crippen LogP contribution in [0.5, 0.6) is 0 Å². The van der Waals surface area contributed by atoms with Crippen LogP contribution >= 0.6 is 0 Å². The number of amides is 1. The number of aromatic nitrogens is 2. The van der Waals surface area contributed by atoms with E-state index in [1.54, 1.807) is 0 Å². The molecule has 25 heavy (non-hydrogen) atoms. The Balaban J connectivity index is 1.99. The lowest BCUT2D eigenvalue weighted by Crippen LogP contribution is -2.28. The number of halogens is 3. The van der Waals surface area contributed by atoms with E-state index in [2.05, 4.69) is 22.2 Å². The molecule has 0 radical (unpaired) electrons. The minimum Gasteiger partial charge on any atom is -0.347 e. The van der Waals surface area contributed by atoms with E-state index in [0.717, 1.165) is 24.2 Å². The summed E-state index contributed by atoms with van der Waals surface area (Å²) in [5.41, 5.74) is 1.88. The summed E-state index contributed by atoms with van der Waals surface area (Å²) in [7, 11) is 2.01. The zero-order valence-corrected chi connectivity index (χ0v) is 14.2. The van der Waals surface area contributed by atoms with Gasteiger partial charge >= 0.3 is 6.18 Å². The van der Waals surface area contributed by atoms with E-state index in [4.69, 9.17) is 0 Å². The van der Waals surface area contributed by atoms with E-state index in [9.17, 15) is 18.0 Å². The van der Waals surface area contributed by atoms with Gasteiger partial charge in [-0.25, -0.2) is 0 Å². The van der Waals surface area contributed by atoms with Crippen molar-refractivity contribution in [1.82, 2.24) is 20.0 Å². The molecule has 2 aromatic rings. The van der Waals surface area contributed by atoms with Crippen LogP contribution in [0.1, 0.15) is 28.5 Å². The van der Waals surface area contributed by atoms with Crippen molar-refractivity contribution in [1.29, 1.82) is 0 Å². The fraction of sp³-hybridized carbons (Fsp3) is 0.412. The highest BCUT2D eigenvalue weighted by molar-refractivity contribution is 5.92. The molecule has 8 heteroatoms. The van der Waals surface area contributed by atoms with E-state index in [1.165, 1.54) is 12.3 Å². The van der Waals surface area contributed by atoms with Gasteiger partial charge in [0.25, 0.3) is 5.91 Å². The lowest BCUT2D eigenvalue weighted by Gasteiger charge is -2.14. The fourth-order valence-electron chi connectivity index (χ4n) is 2.36. The molecule has 0 unspecified atom stereocenters. The molecule has 1 aromatic carbocycles. The summed E-state index contributed by atoms with van der Waals surface area (Å²) in [5.74, 6) is -0.585. The Labute approximate surface area is 144 Å². The Hall–Kier alpha value is -2.35. The first kappa shape index (κ1) is 19.0. The molecule has 0 spiro atoms. The van der Waals surface area contributed by atoms with Crippen LogP contribution in [0.3, 0.4) is 0 Å². The quantitative estimate of drug-likeness (QED) is 0.832. The van der Waals surface area contributed by atoms with Gasteiger partial charge in [-0.1, -0.05) is 31.2 Å². The van der Waals surface area contributed by atoms with Crippen LogP contribution < -0.4 is 5.32 Å². The maximum Gasteiger partial charge on any atom is 0.408 e. The average molecular weight is 354 g/mol. The number of rotatable bonds is 7. The van der Waals surface area contributed by atoms with E-state index in [0.29, 0.717) is 4.68 Å². The van der Waals surface area contributed by atoms with Gasteiger partial charge in [-0.15, -0.1) is 0 Å². The summed E-state index contributed by atoms with van der Waals surface area (Å²) < 4.78 is 38.1. The van der Waals surface area contributed by atoms with Gasteiger partial charge in [0, 0.05) is 19.3 Å². The third kappa shape index (κ3) is 5.90. The number of benzene rings is 1. The second kappa shape index (κ2) is 8.15. The van der Waals surface area contributed by atoms with Gasteiger partial charge in [0.15, 0.2) is 0 Å². The van der Waals surface area contributed by atoms with Crippen molar-refractivity contribution < 1.29 is 18.0 Å². The number of nitrogens with one attached hydrogen (secondary N) is 1. The highest BCUT2D eigenvalue weighted by Gasteiger charge is 2.30. The second-order valence-corrected chi connectivity index (χ2v) is 5.82. The predicted octanol–water partition coefficient (Wildman–Crippen LogP) is 2.83. The van der Waals surface area contributed by atoms with Crippen molar-refractivity contribution in [3.63, 3.8) is 0 Å². The summed E-state index contributed by atoms with van der Waals surface area (Å²) in [6.07, 6.45) is -3.25. The van der Waals surface area contributed by atoms with Crippen molar-refractivity contribution in [3.05, 3.63) is 53.3 Å². The van der Waals surface area contributed by atoms with Crippen LogP contribution in [0.15, 0.2) is 36.5 Å². The Kier molecular flexibility index (Phi) is 6.19. The molecule has 1 aromatic heterocycles. The first-order valence-electron chi connectivity index (χ1n) is 7.91. The molecule has 0 fully saturated rings. The van der Waals surface area contributed by atoms with Gasteiger partial charge in [-0.05, 0) is 30.8 Å². The second-order valence-electron chi connectivity index (χ2n) is 5.82. The van der Waals surface area contributed by atoms with Gasteiger partial charge in [-0.2, -0.15) is 18.3 Å². The number of nitrogens with zero attached hydrogens (tertiary/aromatic N) is 3. The summed E-state index contributed by atoms with van der Waals surface area (Å²) in [6, 6.07) is 9.00. The largest absolute Gasteiger partial charge is 0.408 e. The molecule has 0 bridgehead atoms. The van der Waals surface area contributed by atoms with E-state index in [-0.39, 0.29) is 12.2 Å². The summed E-state index contributed by atoms with van der Waals surface area (Å²) in [5, 5.41) is 6.21. The maximum atomic E-state index is 12.5. The van der Waals surface area contributed by atoms with Crippen LogP contribution in [0.25, 0.3) is 0 Å². The number of hydrogen-bond donors (Lipinski definition) is 1. The summed E-state index contributed by atoms with van der Waals surface area (Å²) in [4.78, 5) is 14.3. The van der Waals surface area contributed by atoms with Crippen molar-refractivity contribution in [2.75, 3.05) is 13.6 Å². The highest BCUT2D eigenvalue weighted by Crippen LogP contribution is 2.18. The van der Waals surface area contributed by atoms with Crippen molar-refractivity contribution in [2.45, 2.75) is 32.7 Å². The van der Waals surface area contributed by atoms with Gasteiger partial charge in [0.2, 0.25) is 0 Å². The summed E-state index contributed by atoms with van der Waals surface area (Å²) >= 11 is 0. The molecule has 5 nitrogen and oxygen atoms in total. The Bertz CT molecular complexity index is 712.